The van der Waals surface area contributed by atoms with E-state index in [2.05, 4.69) is 0 Å². The van der Waals surface area contributed by atoms with Gasteiger partial charge < -0.3 is 0 Å². The molecule has 0 saturated carbocycles. The number of hydrogen-bond acceptors (Lipinski definition) is 5. The zero-order valence-electron chi connectivity index (χ0n) is 3.80. The predicted molar refractivity (Wildman–Crippen MR) is 35.8 cm³/mol. The van der Waals surface area contributed by atoms with E-state index in [1.165, 1.54) is 0 Å². The Balaban J connectivity index is 3.10. The first-order chi connectivity index (χ1) is 4.13. The van der Waals surface area contributed by atoms with Crippen molar-refractivity contribution in [3.63, 3.8) is 0 Å². The standard InChI is InChI=1S/C2F2O2S3/c3-1(5)7-9-8-2(4)6. The van der Waals surface area contributed by atoms with Gasteiger partial charge in [-0.1, -0.05) is 0 Å². The minimum Gasteiger partial charge on any atom is -0.247 e. The maximum atomic E-state index is 11.2. The second-order valence-electron chi connectivity index (χ2n) is 0.710. The number of hydrogen-bond donors (Lipinski definition) is 0. The molecule has 0 aliphatic heterocycles. The van der Waals surface area contributed by atoms with E-state index < -0.39 is 10.7 Å². The van der Waals surface area contributed by atoms with Gasteiger partial charge in [0.15, 0.2) is 0 Å². The molecule has 0 fully saturated rings. The van der Waals surface area contributed by atoms with Crippen molar-refractivity contribution in [2.24, 2.45) is 0 Å². The van der Waals surface area contributed by atoms with Crippen LogP contribution in [0.25, 0.3) is 0 Å². The summed E-state index contributed by atoms with van der Waals surface area (Å²) in [6.45, 7) is 0. The predicted octanol–water partition coefficient (Wildman–Crippen LogP) is 3.19. The fourth-order valence-electron chi connectivity index (χ4n) is 0.0705. The summed E-state index contributed by atoms with van der Waals surface area (Å²) in [5.41, 5.74) is 0. The van der Waals surface area contributed by atoms with E-state index in [9.17, 15) is 18.4 Å². The molecule has 0 rings (SSSR count). The van der Waals surface area contributed by atoms with Crippen LogP contribution in [0.5, 0.6) is 0 Å². The van der Waals surface area contributed by atoms with Crippen LogP contribution in [0.4, 0.5) is 18.4 Å². The highest BCUT2D eigenvalue weighted by molar-refractivity contribution is 9.14. The van der Waals surface area contributed by atoms with E-state index in [1.807, 2.05) is 0 Å². The van der Waals surface area contributed by atoms with Crippen LogP contribution >= 0.6 is 31.4 Å². The van der Waals surface area contributed by atoms with E-state index in [-0.39, 0.29) is 21.6 Å². The van der Waals surface area contributed by atoms with Gasteiger partial charge in [0.05, 0.1) is 0 Å². The summed E-state index contributed by atoms with van der Waals surface area (Å²) >= 11 is 0. The Hall–Kier alpha value is 0.250. The Morgan fingerprint density at radius 2 is 1.33 bits per heavy atom. The highest BCUT2D eigenvalue weighted by Gasteiger charge is 2.04. The number of halogens is 2. The summed E-state index contributed by atoms with van der Waals surface area (Å²) < 4.78 is 22.4. The van der Waals surface area contributed by atoms with Gasteiger partial charge in [-0.25, -0.2) is 9.59 Å². The molecular formula is C2F2O2S3. The fourth-order valence-corrected chi connectivity index (χ4v) is 1.90. The third-order valence-electron chi connectivity index (χ3n) is 0.199. The second kappa shape index (κ2) is 5.07. The van der Waals surface area contributed by atoms with Crippen molar-refractivity contribution < 1.29 is 18.4 Å². The maximum Gasteiger partial charge on any atom is 0.370 e. The second-order valence-corrected chi connectivity index (χ2v) is 4.45. The maximum absolute atomic E-state index is 11.2. The molecular weight excluding hydrogens is 190 g/mol. The van der Waals surface area contributed by atoms with Crippen molar-refractivity contribution in [3.05, 3.63) is 0 Å². The van der Waals surface area contributed by atoms with Crippen LogP contribution in [-0.2, 0) is 0 Å². The van der Waals surface area contributed by atoms with E-state index >= 15 is 0 Å². The lowest BCUT2D eigenvalue weighted by atomic mass is 11.7. The van der Waals surface area contributed by atoms with Crippen LogP contribution in [0.3, 0.4) is 0 Å². The van der Waals surface area contributed by atoms with E-state index in [1.54, 1.807) is 0 Å². The van der Waals surface area contributed by atoms with E-state index in [0.29, 0.717) is 9.83 Å². The molecule has 0 N–H and O–H groups in total. The van der Waals surface area contributed by atoms with Gasteiger partial charge >= 0.3 is 10.7 Å². The van der Waals surface area contributed by atoms with Crippen LogP contribution in [0, 0.1) is 0 Å². The SMILES string of the molecule is O=C(F)SSSC(=O)F. The number of rotatable bonds is 2. The molecule has 0 aliphatic rings. The summed E-state index contributed by atoms with van der Waals surface area (Å²) in [5.74, 6) is 0. The summed E-state index contributed by atoms with van der Waals surface area (Å²) in [6.07, 6.45) is 0. The molecule has 0 aliphatic carbocycles. The highest BCUT2D eigenvalue weighted by Crippen LogP contribution is 2.36. The third kappa shape index (κ3) is 8.25. The molecule has 2 nitrogen and oxygen atoms in total. The minimum absolute atomic E-state index is 0.173. The van der Waals surface area contributed by atoms with Gasteiger partial charge in [0.2, 0.25) is 0 Å². The molecule has 0 radical (unpaired) electrons. The molecule has 0 spiro atoms. The first kappa shape index (κ1) is 9.25. The third-order valence-corrected chi connectivity index (χ3v) is 3.02. The van der Waals surface area contributed by atoms with Crippen molar-refractivity contribution >= 4 is 42.2 Å². The number of carbonyl (C=O) groups is 2. The van der Waals surface area contributed by atoms with E-state index in [0.717, 1.165) is 0 Å². The quantitative estimate of drug-likeness (QED) is 0.493. The smallest absolute Gasteiger partial charge is 0.247 e. The average Bonchev–Trinajstić information content (AvgIpc) is 1.63. The molecule has 0 saturated heterocycles. The molecule has 0 aromatic carbocycles. The van der Waals surface area contributed by atoms with Gasteiger partial charge in [-0.3, -0.25) is 0 Å². The molecule has 0 aromatic heterocycles. The van der Waals surface area contributed by atoms with Gasteiger partial charge in [0, 0.05) is 21.6 Å². The zero-order chi connectivity index (χ0) is 7.28. The molecule has 0 bridgehead atoms. The summed E-state index contributed by atoms with van der Waals surface area (Å²) in [5, 5.41) is -3.29. The van der Waals surface area contributed by atoms with Crippen molar-refractivity contribution in [2.75, 3.05) is 0 Å². The molecule has 9 heavy (non-hydrogen) atoms. The largest absolute Gasteiger partial charge is 0.370 e. The van der Waals surface area contributed by atoms with Gasteiger partial charge in [-0.05, 0) is 9.83 Å². The normalized spacial score (nSPS) is 9.11. The van der Waals surface area contributed by atoms with Crippen molar-refractivity contribution in [1.82, 2.24) is 0 Å². The van der Waals surface area contributed by atoms with Crippen molar-refractivity contribution in [3.8, 4) is 0 Å². The molecule has 0 aromatic rings. The molecule has 0 heterocycles. The van der Waals surface area contributed by atoms with Crippen LogP contribution in [0.1, 0.15) is 0 Å². The molecule has 0 atom stereocenters. The van der Waals surface area contributed by atoms with Crippen LogP contribution in [0.15, 0.2) is 0 Å². The Morgan fingerprint density at radius 3 is 1.56 bits per heavy atom. The average molecular weight is 190 g/mol. The molecule has 7 heteroatoms. The van der Waals surface area contributed by atoms with Gasteiger partial charge in [0.25, 0.3) is 0 Å². The Labute approximate surface area is 60.9 Å². The Morgan fingerprint density at radius 1 is 1.00 bits per heavy atom. The minimum atomic E-state index is -1.64. The fraction of sp³-hybridized carbons (Fsp3) is 0. The first-order valence-electron chi connectivity index (χ1n) is 1.53. The molecule has 0 amide bonds. The summed E-state index contributed by atoms with van der Waals surface area (Å²) in [6, 6.07) is 0. The van der Waals surface area contributed by atoms with Gasteiger partial charge in [0.1, 0.15) is 0 Å². The van der Waals surface area contributed by atoms with Crippen LogP contribution in [-0.4, -0.2) is 10.7 Å². The van der Waals surface area contributed by atoms with Crippen molar-refractivity contribution in [1.29, 1.82) is 0 Å². The lowest BCUT2D eigenvalue weighted by molar-refractivity contribution is 0.244. The van der Waals surface area contributed by atoms with Crippen molar-refractivity contribution in [2.45, 2.75) is 0 Å². The van der Waals surface area contributed by atoms with Gasteiger partial charge in [-0.15, -0.1) is 0 Å². The molecule has 52 valence electrons. The molecule has 0 unspecified atom stereocenters. The Kier molecular flexibility index (Phi) is 5.21. The highest BCUT2D eigenvalue weighted by atomic mass is 33.5. The first-order valence-corrected chi connectivity index (χ1v) is 5.01. The lowest BCUT2D eigenvalue weighted by Crippen LogP contribution is -1.67. The van der Waals surface area contributed by atoms with E-state index in [4.69, 9.17) is 0 Å². The summed E-state index contributed by atoms with van der Waals surface area (Å²) in [7, 11) is 0.799. The lowest BCUT2D eigenvalue weighted by Gasteiger charge is -1.83. The number of carbonyl (C=O) groups excluding carboxylic acids is 2. The monoisotopic (exact) mass is 190 g/mol. The van der Waals surface area contributed by atoms with Gasteiger partial charge in [-0.2, -0.15) is 8.78 Å². The summed E-state index contributed by atoms with van der Waals surface area (Å²) in [4.78, 5) is 18.9. The van der Waals surface area contributed by atoms with Crippen LogP contribution < -0.4 is 0 Å². The topological polar surface area (TPSA) is 34.1 Å². The Bertz CT molecular complexity index is 113. The zero-order valence-corrected chi connectivity index (χ0v) is 6.25. The van der Waals surface area contributed by atoms with Crippen LogP contribution in [0.2, 0.25) is 0 Å².